The van der Waals surface area contributed by atoms with Gasteiger partial charge in [0.1, 0.15) is 11.6 Å². The van der Waals surface area contributed by atoms with E-state index in [0.29, 0.717) is 4.47 Å². The van der Waals surface area contributed by atoms with Gasteiger partial charge in [-0.15, -0.1) is 0 Å². The van der Waals surface area contributed by atoms with Crippen LogP contribution in [0, 0.1) is 11.6 Å². The van der Waals surface area contributed by atoms with Crippen molar-refractivity contribution in [2.24, 2.45) is 0 Å². The summed E-state index contributed by atoms with van der Waals surface area (Å²) < 4.78 is 26.8. The first kappa shape index (κ1) is 14.0. The van der Waals surface area contributed by atoms with Gasteiger partial charge in [-0.3, -0.25) is 4.79 Å². The molecular weight excluding hydrogens is 340 g/mol. The topological polar surface area (TPSA) is 29.1 Å². The summed E-state index contributed by atoms with van der Waals surface area (Å²) in [6.07, 6.45) is 0. The van der Waals surface area contributed by atoms with Crippen LogP contribution < -0.4 is 5.32 Å². The van der Waals surface area contributed by atoms with E-state index in [1.54, 1.807) is 0 Å². The van der Waals surface area contributed by atoms with Gasteiger partial charge in [0.25, 0.3) is 5.91 Å². The van der Waals surface area contributed by atoms with Gasteiger partial charge >= 0.3 is 0 Å². The van der Waals surface area contributed by atoms with Gasteiger partial charge in [-0.2, -0.15) is 0 Å². The van der Waals surface area contributed by atoms with Gasteiger partial charge in [0.2, 0.25) is 0 Å². The van der Waals surface area contributed by atoms with Crippen LogP contribution in [-0.4, -0.2) is 5.91 Å². The maximum absolute atomic E-state index is 13.3. The van der Waals surface area contributed by atoms with E-state index in [9.17, 15) is 13.6 Å². The molecule has 0 aliphatic heterocycles. The van der Waals surface area contributed by atoms with Crippen LogP contribution in [0.4, 0.5) is 14.5 Å². The Bertz CT molecular complexity index is 649. The van der Waals surface area contributed by atoms with Crippen molar-refractivity contribution in [2.45, 2.75) is 0 Å². The molecule has 98 valence electrons. The molecule has 0 heterocycles. The summed E-state index contributed by atoms with van der Waals surface area (Å²) in [6.45, 7) is 0. The molecule has 0 bridgehead atoms. The van der Waals surface area contributed by atoms with E-state index in [4.69, 9.17) is 11.6 Å². The van der Waals surface area contributed by atoms with Crippen molar-refractivity contribution >= 4 is 39.1 Å². The number of benzene rings is 2. The Morgan fingerprint density at radius 3 is 2.47 bits per heavy atom. The molecule has 2 aromatic rings. The zero-order chi connectivity index (χ0) is 14.0. The first-order valence-corrected chi connectivity index (χ1v) is 6.36. The van der Waals surface area contributed by atoms with Crippen LogP contribution in [0.25, 0.3) is 0 Å². The lowest BCUT2D eigenvalue weighted by molar-refractivity contribution is 0.102. The van der Waals surface area contributed by atoms with Gasteiger partial charge in [0.15, 0.2) is 0 Å². The molecule has 0 aliphatic rings. The van der Waals surface area contributed by atoms with E-state index < -0.39 is 17.5 Å². The van der Waals surface area contributed by atoms with E-state index in [-0.39, 0.29) is 16.3 Å². The van der Waals surface area contributed by atoms with Gasteiger partial charge in [-0.25, -0.2) is 8.78 Å². The smallest absolute Gasteiger partial charge is 0.255 e. The number of amides is 1. The second-order valence-electron chi connectivity index (χ2n) is 3.71. The number of carbonyl (C=O) groups excluding carboxylic acids is 1. The van der Waals surface area contributed by atoms with Crippen molar-refractivity contribution in [3.63, 3.8) is 0 Å². The van der Waals surface area contributed by atoms with Gasteiger partial charge < -0.3 is 5.32 Å². The average molecular weight is 347 g/mol. The van der Waals surface area contributed by atoms with E-state index >= 15 is 0 Å². The predicted octanol–water partition coefficient (Wildman–Crippen LogP) is 4.63. The number of rotatable bonds is 2. The molecule has 0 aromatic heterocycles. The van der Waals surface area contributed by atoms with Gasteiger partial charge in [-0.1, -0.05) is 11.6 Å². The van der Waals surface area contributed by atoms with Crippen molar-refractivity contribution < 1.29 is 13.6 Å². The minimum absolute atomic E-state index is 0.0637. The molecule has 1 N–H and O–H groups in total. The van der Waals surface area contributed by atoms with Crippen LogP contribution in [0.5, 0.6) is 0 Å². The quantitative estimate of drug-likeness (QED) is 0.844. The third kappa shape index (κ3) is 3.30. The number of hydrogen-bond donors (Lipinski definition) is 1. The number of halogens is 4. The molecule has 0 saturated carbocycles. The molecule has 2 rings (SSSR count). The zero-order valence-corrected chi connectivity index (χ0v) is 11.7. The van der Waals surface area contributed by atoms with Crippen LogP contribution in [-0.2, 0) is 0 Å². The minimum Gasteiger partial charge on any atom is -0.322 e. The van der Waals surface area contributed by atoms with Crippen molar-refractivity contribution in [3.05, 3.63) is 63.1 Å². The monoisotopic (exact) mass is 345 g/mol. The molecule has 0 unspecified atom stereocenters. The van der Waals surface area contributed by atoms with Gasteiger partial charge in [0.05, 0.1) is 9.50 Å². The van der Waals surface area contributed by atoms with Crippen LogP contribution in [0.3, 0.4) is 0 Å². The highest BCUT2D eigenvalue weighted by atomic mass is 79.9. The molecule has 0 atom stereocenters. The first-order valence-electron chi connectivity index (χ1n) is 5.19. The lowest BCUT2D eigenvalue weighted by Gasteiger charge is -2.06. The molecule has 2 aromatic carbocycles. The number of carbonyl (C=O) groups is 1. The van der Waals surface area contributed by atoms with Crippen molar-refractivity contribution in [2.75, 3.05) is 5.32 Å². The molecule has 2 nitrogen and oxygen atoms in total. The summed E-state index contributed by atoms with van der Waals surface area (Å²) in [6, 6.07) is 7.84. The molecule has 0 radical (unpaired) electrons. The summed E-state index contributed by atoms with van der Waals surface area (Å²) in [7, 11) is 0. The third-order valence-corrected chi connectivity index (χ3v) is 3.31. The second kappa shape index (κ2) is 5.67. The first-order chi connectivity index (χ1) is 8.97. The maximum Gasteiger partial charge on any atom is 0.255 e. The SMILES string of the molecule is O=C(Nc1ccc(Br)c(F)c1)c1ccc(Cl)c(F)c1. The van der Waals surface area contributed by atoms with E-state index in [0.717, 1.165) is 12.1 Å². The normalized spacial score (nSPS) is 10.3. The Hall–Kier alpha value is -1.46. The molecule has 1 amide bonds. The van der Waals surface area contributed by atoms with E-state index in [1.165, 1.54) is 24.3 Å². The highest BCUT2D eigenvalue weighted by Crippen LogP contribution is 2.20. The molecule has 0 spiro atoms. The van der Waals surface area contributed by atoms with Crippen molar-refractivity contribution in [1.29, 1.82) is 0 Å². The predicted molar refractivity (Wildman–Crippen MR) is 73.5 cm³/mol. The fraction of sp³-hybridized carbons (Fsp3) is 0. The zero-order valence-electron chi connectivity index (χ0n) is 9.38. The van der Waals surface area contributed by atoms with E-state index in [2.05, 4.69) is 21.2 Å². The average Bonchev–Trinajstić information content (AvgIpc) is 2.37. The Kier molecular flexibility index (Phi) is 4.17. The van der Waals surface area contributed by atoms with Crippen LogP contribution in [0.15, 0.2) is 40.9 Å². The Morgan fingerprint density at radius 2 is 1.84 bits per heavy atom. The number of anilines is 1. The van der Waals surface area contributed by atoms with Crippen LogP contribution in [0.2, 0.25) is 5.02 Å². The van der Waals surface area contributed by atoms with E-state index in [1.807, 2.05) is 0 Å². The maximum atomic E-state index is 13.3. The summed E-state index contributed by atoms with van der Waals surface area (Å²) in [4.78, 5) is 11.8. The third-order valence-electron chi connectivity index (χ3n) is 2.36. The summed E-state index contributed by atoms with van der Waals surface area (Å²) >= 11 is 8.53. The molecule has 0 saturated heterocycles. The Morgan fingerprint density at radius 1 is 1.11 bits per heavy atom. The Balaban J connectivity index is 2.20. The molecule has 0 fully saturated rings. The summed E-state index contributed by atoms with van der Waals surface area (Å²) in [5, 5.41) is 2.40. The van der Waals surface area contributed by atoms with Crippen LogP contribution >= 0.6 is 27.5 Å². The summed E-state index contributed by atoms with van der Waals surface area (Å²) in [5.41, 5.74) is 0.381. The minimum atomic E-state index is -0.684. The molecule has 19 heavy (non-hydrogen) atoms. The van der Waals surface area contributed by atoms with Gasteiger partial charge in [0, 0.05) is 11.3 Å². The standard InChI is InChI=1S/C13H7BrClF2NO/c14-9-3-2-8(6-11(9)16)18-13(19)7-1-4-10(15)12(17)5-7/h1-6H,(H,18,19). The second-order valence-corrected chi connectivity index (χ2v) is 4.97. The lowest BCUT2D eigenvalue weighted by Crippen LogP contribution is -2.12. The Labute approximate surface area is 121 Å². The number of nitrogens with one attached hydrogen (secondary N) is 1. The summed E-state index contributed by atoms with van der Waals surface area (Å²) in [5.74, 6) is -1.73. The largest absolute Gasteiger partial charge is 0.322 e. The highest BCUT2D eigenvalue weighted by Gasteiger charge is 2.10. The van der Waals surface area contributed by atoms with Crippen molar-refractivity contribution in [1.82, 2.24) is 0 Å². The highest BCUT2D eigenvalue weighted by molar-refractivity contribution is 9.10. The fourth-order valence-electron chi connectivity index (χ4n) is 1.41. The number of hydrogen-bond acceptors (Lipinski definition) is 1. The molecule has 0 aliphatic carbocycles. The van der Waals surface area contributed by atoms with Gasteiger partial charge in [-0.05, 0) is 52.3 Å². The van der Waals surface area contributed by atoms with Crippen molar-refractivity contribution in [3.8, 4) is 0 Å². The van der Waals surface area contributed by atoms with Crippen LogP contribution in [0.1, 0.15) is 10.4 Å². The molecule has 6 heteroatoms. The fourth-order valence-corrected chi connectivity index (χ4v) is 1.78. The lowest BCUT2D eigenvalue weighted by atomic mass is 10.2. The molecular formula is C13H7BrClF2NO.